The van der Waals surface area contributed by atoms with E-state index >= 15 is 0 Å². The quantitative estimate of drug-likeness (QED) is 0.426. The van der Waals surface area contributed by atoms with E-state index in [0.717, 1.165) is 12.8 Å². The molecule has 0 aromatic heterocycles. The number of aliphatic hydroxyl groups excluding tert-OH is 1. The van der Waals surface area contributed by atoms with E-state index in [2.05, 4.69) is 6.92 Å². The first-order valence-electron chi connectivity index (χ1n) is 8.53. The minimum absolute atomic E-state index is 0.00403. The van der Waals surface area contributed by atoms with Crippen molar-refractivity contribution < 1.29 is 15.0 Å². The lowest BCUT2D eigenvalue weighted by Crippen LogP contribution is -2.11. The van der Waals surface area contributed by atoms with Crippen LogP contribution in [-0.4, -0.2) is 22.8 Å². The zero-order valence-corrected chi connectivity index (χ0v) is 13.3. The summed E-state index contributed by atoms with van der Waals surface area (Å²) < 4.78 is 0. The van der Waals surface area contributed by atoms with Crippen molar-refractivity contribution in [3.8, 4) is 0 Å². The summed E-state index contributed by atoms with van der Waals surface area (Å²) in [6.07, 6.45) is 15.3. The normalized spacial score (nSPS) is 12.5. The second kappa shape index (κ2) is 14.8. The van der Waals surface area contributed by atoms with Crippen LogP contribution >= 0.6 is 0 Å². The summed E-state index contributed by atoms with van der Waals surface area (Å²) >= 11 is 0. The molecule has 0 spiro atoms. The van der Waals surface area contributed by atoms with Crippen LogP contribution in [-0.2, 0) is 4.79 Å². The van der Waals surface area contributed by atoms with Crippen molar-refractivity contribution in [2.45, 2.75) is 90.4 Å². The SMILES string of the molecule is CCCCCCCCCCCCC[C@@H](CO)CC(=O)O. The fourth-order valence-corrected chi connectivity index (χ4v) is 2.60. The van der Waals surface area contributed by atoms with Crippen molar-refractivity contribution in [3.63, 3.8) is 0 Å². The molecule has 20 heavy (non-hydrogen) atoms. The minimum Gasteiger partial charge on any atom is -0.481 e. The smallest absolute Gasteiger partial charge is 0.303 e. The first-order valence-corrected chi connectivity index (χ1v) is 8.53. The molecule has 0 aromatic rings. The second-order valence-corrected chi connectivity index (χ2v) is 5.97. The lowest BCUT2D eigenvalue weighted by molar-refractivity contribution is -0.138. The Balaban J connectivity index is 3.21. The Labute approximate surface area is 124 Å². The topological polar surface area (TPSA) is 57.5 Å². The highest BCUT2D eigenvalue weighted by molar-refractivity contribution is 5.66. The Morgan fingerprint density at radius 2 is 1.30 bits per heavy atom. The summed E-state index contributed by atoms with van der Waals surface area (Å²) in [7, 11) is 0. The van der Waals surface area contributed by atoms with Crippen LogP contribution in [0.1, 0.15) is 90.4 Å². The number of hydrogen-bond acceptors (Lipinski definition) is 2. The largest absolute Gasteiger partial charge is 0.481 e. The predicted molar refractivity (Wildman–Crippen MR) is 83.9 cm³/mol. The van der Waals surface area contributed by atoms with Crippen LogP contribution in [0.25, 0.3) is 0 Å². The summed E-state index contributed by atoms with van der Waals surface area (Å²) in [5.74, 6) is -0.849. The van der Waals surface area contributed by atoms with Gasteiger partial charge in [-0.2, -0.15) is 0 Å². The van der Waals surface area contributed by atoms with Crippen LogP contribution in [0.15, 0.2) is 0 Å². The molecule has 3 nitrogen and oxygen atoms in total. The molecule has 0 radical (unpaired) electrons. The predicted octanol–water partition coefficient (Wildman–Crippen LogP) is 4.77. The van der Waals surface area contributed by atoms with Crippen LogP contribution < -0.4 is 0 Å². The molecule has 0 rings (SSSR count). The number of unbranched alkanes of at least 4 members (excludes halogenated alkanes) is 10. The zero-order valence-electron chi connectivity index (χ0n) is 13.3. The Kier molecular flexibility index (Phi) is 14.4. The van der Waals surface area contributed by atoms with E-state index in [4.69, 9.17) is 10.2 Å². The number of carboxylic acids is 1. The summed E-state index contributed by atoms with van der Waals surface area (Å²) in [6, 6.07) is 0. The molecule has 2 N–H and O–H groups in total. The van der Waals surface area contributed by atoms with Crippen LogP contribution in [0.3, 0.4) is 0 Å². The van der Waals surface area contributed by atoms with Crippen molar-refractivity contribution in [1.82, 2.24) is 0 Å². The second-order valence-electron chi connectivity index (χ2n) is 5.97. The van der Waals surface area contributed by atoms with E-state index in [1.54, 1.807) is 0 Å². The van der Waals surface area contributed by atoms with Gasteiger partial charge in [0, 0.05) is 6.61 Å². The molecule has 0 saturated heterocycles. The molecule has 120 valence electrons. The summed E-state index contributed by atoms with van der Waals surface area (Å²) in [5, 5.41) is 17.8. The summed E-state index contributed by atoms with van der Waals surface area (Å²) in [6.45, 7) is 2.25. The molecular formula is C17H34O3. The van der Waals surface area contributed by atoms with Crippen molar-refractivity contribution in [2.24, 2.45) is 5.92 Å². The third-order valence-corrected chi connectivity index (χ3v) is 3.94. The van der Waals surface area contributed by atoms with Crippen LogP contribution in [0.4, 0.5) is 0 Å². The lowest BCUT2D eigenvalue weighted by Gasteiger charge is -2.10. The standard InChI is InChI=1S/C17H34O3/c1-2-3-4-5-6-7-8-9-10-11-12-13-16(15-18)14-17(19)20/h16,18H,2-15H2,1H3,(H,19,20)/t16-/m1/s1. The Hall–Kier alpha value is -0.570. The van der Waals surface area contributed by atoms with Gasteiger partial charge >= 0.3 is 5.97 Å². The molecule has 0 saturated carbocycles. The van der Waals surface area contributed by atoms with Crippen LogP contribution in [0, 0.1) is 5.92 Å². The van der Waals surface area contributed by atoms with Gasteiger partial charge < -0.3 is 10.2 Å². The zero-order chi connectivity index (χ0) is 15.1. The molecule has 0 aliphatic carbocycles. The fraction of sp³-hybridized carbons (Fsp3) is 0.941. The van der Waals surface area contributed by atoms with Crippen molar-refractivity contribution >= 4 is 5.97 Å². The highest BCUT2D eigenvalue weighted by Gasteiger charge is 2.11. The molecule has 1 atom stereocenters. The van der Waals surface area contributed by atoms with Gasteiger partial charge in [-0.3, -0.25) is 4.79 Å². The minimum atomic E-state index is -0.799. The molecule has 0 aliphatic heterocycles. The molecule has 0 aromatic carbocycles. The van der Waals surface area contributed by atoms with E-state index in [-0.39, 0.29) is 18.9 Å². The molecule has 0 unspecified atom stereocenters. The molecule has 0 heterocycles. The van der Waals surface area contributed by atoms with Gasteiger partial charge in [0.05, 0.1) is 6.42 Å². The summed E-state index contributed by atoms with van der Waals surface area (Å²) in [4.78, 5) is 10.6. The molecular weight excluding hydrogens is 252 g/mol. The van der Waals surface area contributed by atoms with Gasteiger partial charge in [0.25, 0.3) is 0 Å². The van der Waals surface area contributed by atoms with Gasteiger partial charge in [0.1, 0.15) is 0 Å². The Bertz CT molecular complexity index is 216. The number of hydrogen-bond donors (Lipinski definition) is 2. The van der Waals surface area contributed by atoms with E-state index in [1.165, 1.54) is 64.2 Å². The van der Waals surface area contributed by atoms with E-state index in [1.807, 2.05) is 0 Å². The third-order valence-electron chi connectivity index (χ3n) is 3.94. The maximum absolute atomic E-state index is 10.6. The first-order chi connectivity index (χ1) is 9.70. The van der Waals surface area contributed by atoms with E-state index < -0.39 is 5.97 Å². The number of aliphatic carboxylic acids is 1. The van der Waals surface area contributed by atoms with Crippen molar-refractivity contribution in [3.05, 3.63) is 0 Å². The molecule has 0 amide bonds. The first kappa shape index (κ1) is 19.4. The molecule has 3 heteroatoms. The molecule has 0 aliphatic rings. The third kappa shape index (κ3) is 13.9. The van der Waals surface area contributed by atoms with E-state index in [9.17, 15) is 4.79 Å². The number of rotatable bonds is 15. The highest BCUT2D eigenvalue weighted by Crippen LogP contribution is 2.16. The summed E-state index contributed by atoms with van der Waals surface area (Å²) in [5.41, 5.74) is 0. The van der Waals surface area contributed by atoms with Gasteiger partial charge in [0.15, 0.2) is 0 Å². The number of aliphatic hydroxyl groups is 1. The average Bonchev–Trinajstić information content (AvgIpc) is 2.43. The van der Waals surface area contributed by atoms with Gasteiger partial charge in [-0.15, -0.1) is 0 Å². The molecule has 0 fully saturated rings. The number of carboxylic acid groups (broad SMARTS) is 1. The maximum atomic E-state index is 10.6. The lowest BCUT2D eigenvalue weighted by atomic mass is 9.98. The Morgan fingerprint density at radius 3 is 1.70 bits per heavy atom. The van der Waals surface area contributed by atoms with Crippen LogP contribution in [0.2, 0.25) is 0 Å². The average molecular weight is 286 g/mol. The van der Waals surface area contributed by atoms with Gasteiger partial charge in [-0.05, 0) is 12.3 Å². The monoisotopic (exact) mass is 286 g/mol. The fourth-order valence-electron chi connectivity index (χ4n) is 2.60. The van der Waals surface area contributed by atoms with Gasteiger partial charge in [0.2, 0.25) is 0 Å². The molecule has 0 bridgehead atoms. The van der Waals surface area contributed by atoms with Crippen molar-refractivity contribution in [1.29, 1.82) is 0 Å². The van der Waals surface area contributed by atoms with Crippen LogP contribution in [0.5, 0.6) is 0 Å². The maximum Gasteiger partial charge on any atom is 0.303 e. The number of carbonyl (C=O) groups is 1. The Morgan fingerprint density at radius 1 is 0.850 bits per heavy atom. The van der Waals surface area contributed by atoms with Crippen molar-refractivity contribution in [2.75, 3.05) is 6.61 Å². The van der Waals surface area contributed by atoms with E-state index in [0.29, 0.717) is 0 Å². The van der Waals surface area contributed by atoms with Gasteiger partial charge in [-0.25, -0.2) is 0 Å². The van der Waals surface area contributed by atoms with Gasteiger partial charge in [-0.1, -0.05) is 77.6 Å². The highest BCUT2D eigenvalue weighted by atomic mass is 16.4.